The zero-order valence-corrected chi connectivity index (χ0v) is 44.5. The predicted molar refractivity (Wildman–Crippen MR) is 275 cm³/mol. The van der Waals surface area contributed by atoms with Crippen LogP contribution in [-0.4, -0.2) is 240 Å². The molecule has 4 aromatic heterocycles. The van der Waals surface area contributed by atoms with Gasteiger partial charge in [0.1, 0.15) is 11.0 Å². The minimum atomic E-state index is -1.82. The highest BCUT2D eigenvalue weighted by molar-refractivity contribution is 6.28. The van der Waals surface area contributed by atoms with Crippen LogP contribution in [0, 0.1) is 0 Å². The second-order valence-corrected chi connectivity index (χ2v) is 15.6. The van der Waals surface area contributed by atoms with Gasteiger partial charge in [-0.2, -0.15) is 0 Å². The number of anilines is 2. The third-order valence-electron chi connectivity index (χ3n) is 10.1. The van der Waals surface area contributed by atoms with Gasteiger partial charge in [-0.05, 0) is 65.5 Å². The van der Waals surface area contributed by atoms with Crippen LogP contribution in [0.15, 0.2) is 36.9 Å². The van der Waals surface area contributed by atoms with Gasteiger partial charge < -0.3 is 99.6 Å². The molecule has 36 nitrogen and oxygen atoms in total. The Hall–Kier alpha value is -10.0. The molecule has 0 radical (unpaired) electrons. The van der Waals surface area contributed by atoms with E-state index in [0.29, 0.717) is 65.8 Å². The number of aromatic nitrogens is 6. The van der Waals surface area contributed by atoms with Gasteiger partial charge in [-0.1, -0.05) is 0 Å². The Morgan fingerprint density at radius 1 is 0.451 bits per heavy atom. The van der Waals surface area contributed by atoms with Crippen LogP contribution in [0.25, 0.3) is 22.1 Å². The Bertz CT molecular complexity index is 2430. The monoisotopic (exact) mass is 1170 g/mol. The summed E-state index contributed by atoms with van der Waals surface area (Å²) in [6.45, 7) is 15.4. The molecule has 0 unspecified atom stereocenters. The maximum atomic E-state index is 11.8. The van der Waals surface area contributed by atoms with Gasteiger partial charge in [0, 0.05) is 77.0 Å². The average molecular weight is 1170 g/mol. The molecule has 0 aromatic carbocycles. The summed E-state index contributed by atoms with van der Waals surface area (Å²) >= 11 is 0. The first-order chi connectivity index (χ1) is 38.7. The summed E-state index contributed by atoms with van der Waals surface area (Å²) in [6, 6.07) is 4.50. The molecule has 6 heterocycles. The summed E-state index contributed by atoms with van der Waals surface area (Å²) in [5, 5.41) is 81.0. The van der Waals surface area contributed by atoms with Gasteiger partial charge in [-0.3, -0.25) is 9.97 Å². The molecule has 2 fully saturated rings. The van der Waals surface area contributed by atoms with Crippen LogP contribution in [0.4, 0.5) is 21.5 Å². The lowest BCUT2D eigenvalue weighted by Crippen LogP contribution is -2.43. The average Bonchev–Trinajstić information content (AvgIpc) is 4.22. The summed E-state index contributed by atoms with van der Waals surface area (Å²) in [7, 11) is 0. The lowest BCUT2D eigenvalue weighted by Gasteiger charge is -2.31. The highest BCUT2D eigenvalue weighted by atomic mass is 16.6. The van der Waals surface area contributed by atoms with E-state index in [4.69, 9.17) is 128 Å². The number of fused-ring (bicyclic) bond motifs is 2. The Balaban J connectivity index is 0.00000108. The lowest BCUT2D eigenvalue weighted by molar-refractivity contribution is -0.159. The topological polar surface area (TPSA) is 536 Å². The summed E-state index contributed by atoms with van der Waals surface area (Å²) in [5.74, 6) is -16.6. The number of ether oxygens (including phenoxy) is 4. The van der Waals surface area contributed by atoms with E-state index in [9.17, 15) is 9.59 Å². The molecule has 6 rings (SSSR count). The van der Waals surface area contributed by atoms with E-state index in [-0.39, 0.29) is 24.3 Å². The molecule has 454 valence electrons. The molecule has 12 N–H and O–H groups in total. The van der Waals surface area contributed by atoms with E-state index >= 15 is 0 Å². The van der Waals surface area contributed by atoms with Crippen LogP contribution in [0.5, 0.6) is 0 Å². The molecular weight excluding hydrogens is 1110 g/mol. The van der Waals surface area contributed by atoms with Crippen molar-refractivity contribution in [1.29, 1.82) is 0 Å². The number of carboxylic acid groups (broad SMARTS) is 10. The van der Waals surface area contributed by atoms with Gasteiger partial charge in [0.2, 0.25) is 11.9 Å². The van der Waals surface area contributed by atoms with E-state index in [1.807, 2.05) is 39.8 Å². The van der Waals surface area contributed by atoms with Gasteiger partial charge in [-0.25, -0.2) is 67.5 Å². The fourth-order valence-electron chi connectivity index (χ4n) is 6.44. The Kier molecular flexibility index (Phi) is 34.6. The van der Waals surface area contributed by atoms with Gasteiger partial charge >= 0.3 is 71.9 Å². The second kappa shape index (κ2) is 39.4. The van der Waals surface area contributed by atoms with E-state index in [2.05, 4.69) is 29.7 Å². The zero-order chi connectivity index (χ0) is 62.5. The Morgan fingerprint density at radius 3 is 0.951 bits per heavy atom. The zero-order valence-electron chi connectivity index (χ0n) is 44.5. The molecule has 36 heteroatoms. The quantitative estimate of drug-likeness (QED) is 0.0613. The van der Waals surface area contributed by atoms with E-state index in [0.717, 1.165) is 72.7 Å². The molecule has 4 aromatic rings. The third kappa shape index (κ3) is 28.6. The fraction of sp³-hybridized carbons (Fsp3) is 0.478. The predicted octanol–water partition coefficient (Wildman–Crippen LogP) is 0.779. The van der Waals surface area contributed by atoms with Crippen molar-refractivity contribution in [2.75, 3.05) is 76.5 Å². The van der Waals surface area contributed by atoms with Crippen LogP contribution in [0.1, 0.15) is 53.4 Å². The molecule has 0 atom stereocenters. The Morgan fingerprint density at radius 2 is 0.720 bits per heavy atom. The SMILES string of the molecule is CCOCCn1c(NC2CCN(C(=O)OCC)CC2)nc2cnccc21.CCOCCn1c(NC2CCN(C(=O)OCC)CC2)nc2cnccc21.O=C(O)C(=O)O.O=C(O)C(=O)O.O=C(O)C(=O)O.O=C(O)C(=O)O.O=C(O)C(=O)O. The number of rotatable bonds is 14. The number of hydrogen-bond donors (Lipinski definition) is 12. The molecule has 2 aliphatic heterocycles. The van der Waals surface area contributed by atoms with Gasteiger partial charge in [0.05, 0.1) is 49.9 Å². The van der Waals surface area contributed by atoms with Crippen LogP contribution in [-0.2, 0) is 80.0 Å². The normalized spacial score (nSPS) is 12.4. The first kappa shape index (κ1) is 72.0. The van der Waals surface area contributed by atoms with Crippen molar-refractivity contribution in [3.8, 4) is 0 Å². The first-order valence-electron chi connectivity index (χ1n) is 24.1. The molecular formula is C46H64N10O26. The van der Waals surface area contributed by atoms with Gasteiger partial charge in [0.25, 0.3) is 0 Å². The number of amides is 2. The van der Waals surface area contributed by atoms with Crippen molar-refractivity contribution in [3.05, 3.63) is 36.9 Å². The number of imidazole rings is 2. The highest BCUT2D eigenvalue weighted by Crippen LogP contribution is 2.24. The van der Waals surface area contributed by atoms with Crippen LogP contribution >= 0.6 is 0 Å². The number of carboxylic acids is 10. The number of hydrogen-bond acceptors (Lipinski definition) is 22. The Labute approximate surface area is 463 Å². The molecule has 2 amide bonds. The minimum Gasteiger partial charge on any atom is -0.473 e. The van der Waals surface area contributed by atoms with Crippen molar-refractivity contribution in [1.82, 2.24) is 38.9 Å². The number of pyridine rings is 2. The van der Waals surface area contributed by atoms with E-state index < -0.39 is 59.7 Å². The van der Waals surface area contributed by atoms with Gasteiger partial charge in [-0.15, -0.1) is 0 Å². The fourth-order valence-corrected chi connectivity index (χ4v) is 6.44. The molecule has 0 bridgehead atoms. The molecule has 2 saturated heterocycles. The molecule has 0 saturated carbocycles. The molecule has 2 aliphatic rings. The van der Waals surface area contributed by atoms with Crippen LogP contribution in [0.3, 0.4) is 0 Å². The van der Waals surface area contributed by atoms with Crippen molar-refractivity contribution in [2.24, 2.45) is 0 Å². The number of carbonyl (C=O) groups excluding carboxylic acids is 2. The third-order valence-corrected chi connectivity index (χ3v) is 10.1. The van der Waals surface area contributed by atoms with Crippen molar-refractivity contribution in [3.63, 3.8) is 0 Å². The lowest BCUT2D eigenvalue weighted by atomic mass is 10.1. The van der Waals surface area contributed by atoms with Crippen molar-refractivity contribution < 1.29 is 128 Å². The van der Waals surface area contributed by atoms with Crippen molar-refractivity contribution in [2.45, 2.75) is 78.6 Å². The number of carbonyl (C=O) groups is 12. The number of likely N-dealkylation sites (tertiary alicyclic amines) is 2. The van der Waals surface area contributed by atoms with Crippen LogP contribution in [0.2, 0.25) is 0 Å². The molecule has 0 aliphatic carbocycles. The number of nitrogens with zero attached hydrogens (tertiary/aromatic N) is 8. The summed E-state index contributed by atoms with van der Waals surface area (Å²) in [4.78, 5) is 136. The minimum absolute atomic E-state index is 0.221. The summed E-state index contributed by atoms with van der Waals surface area (Å²) < 4.78 is 25.5. The molecule has 0 spiro atoms. The maximum absolute atomic E-state index is 11.8. The smallest absolute Gasteiger partial charge is 0.414 e. The van der Waals surface area contributed by atoms with Gasteiger partial charge in [0.15, 0.2) is 0 Å². The number of nitrogens with one attached hydrogen (secondary N) is 2. The number of piperidine rings is 2. The molecule has 82 heavy (non-hydrogen) atoms. The number of aliphatic carboxylic acids is 10. The first-order valence-corrected chi connectivity index (χ1v) is 24.1. The second-order valence-electron chi connectivity index (χ2n) is 15.6. The van der Waals surface area contributed by atoms with E-state index in [1.54, 1.807) is 34.6 Å². The van der Waals surface area contributed by atoms with Crippen molar-refractivity contribution >= 4 is 106 Å². The summed E-state index contributed by atoms with van der Waals surface area (Å²) in [6.07, 6.45) is 10.1. The largest absolute Gasteiger partial charge is 0.473 e. The standard InChI is InChI=1S/2C18H27N5O3.5C2H2O4/c2*1-3-25-12-11-23-16-5-8-19-13-15(16)21-17(23)20-14-6-9-22(10-7-14)18(24)26-4-2;5*3-1(4)2(5)6/h2*5,8,13-14H,3-4,6-7,9-12H2,1-2H3,(H,20,21);5*(H,3,4)(H,5,6). The van der Waals surface area contributed by atoms with Crippen LogP contribution < -0.4 is 10.6 Å². The maximum Gasteiger partial charge on any atom is 0.414 e. The summed E-state index contributed by atoms with van der Waals surface area (Å²) in [5.41, 5.74) is 3.84. The van der Waals surface area contributed by atoms with E-state index in [1.165, 1.54) is 0 Å². The highest BCUT2D eigenvalue weighted by Gasteiger charge is 2.26.